The zero-order chi connectivity index (χ0) is 82.2. The van der Waals surface area contributed by atoms with Crippen molar-refractivity contribution in [3.05, 3.63) is 194 Å². The van der Waals surface area contributed by atoms with E-state index in [0.29, 0.717) is 19.3 Å². The second kappa shape index (κ2) is 85.8. The van der Waals surface area contributed by atoms with E-state index in [1.807, 2.05) is 0 Å². The van der Waals surface area contributed by atoms with Crippen molar-refractivity contribution in [3.63, 3.8) is 0 Å². The van der Waals surface area contributed by atoms with Crippen molar-refractivity contribution >= 4 is 33.6 Å². The molecule has 113 heavy (non-hydrogen) atoms. The molecule has 0 aliphatic heterocycles. The summed E-state index contributed by atoms with van der Waals surface area (Å²) in [5, 5.41) is 20.7. The molecule has 0 aromatic heterocycles. The van der Waals surface area contributed by atoms with Gasteiger partial charge in [-0.25, -0.2) is 9.13 Å². The molecule has 0 fully saturated rings. The van der Waals surface area contributed by atoms with Crippen LogP contribution in [0.1, 0.15) is 329 Å². The molecule has 0 saturated carbocycles. The first-order valence-corrected chi connectivity index (χ1v) is 46.7. The Hall–Kier alpha value is -5.61. The van der Waals surface area contributed by atoms with Gasteiger partial charge in [0.25, 0.3) is 0 Å². The van der Waals surface area contributed by atoms with E-state index < -0.39 is 91.5 Å². The average Bonchev–Trinajstić information content (AvgIpc) is 0.899. The van der Waals surface area contributed by atoms with Crippen molar-refractivity contribution < 1.29 is 75.8 Å². The van der Waals surface area contributed by atoms with Gasteiger partial charge >= 0.3 is 33.6 Å². The van der Waals surface area contributed by atoms with Crippen LogP contribution in [0.3, 0.4) is 0 Å². The van der Waals surface area contributed by atoms with Crippen LogP contribution in [0.2, 0.25) is 0 Å². The van der Waals surface area contributed by atoms with Gasteiger partial charge < -0.3 is 34.2 Å². The Balaban J connectivity index is 4.64. The van der Waals surface area contributed by atoms with E-state index in [9.17, 15) is 43.5 Å². The SMILES string of the molecule is CC/C=C\C/C=C\C/C=C\C/C=C\C/C=C\C/C=C\CCCCCCCCCCCCC(=O)OCC(O)COP(=O)(O)OCC(O)COP(=O)(O)OCC(COC(=O)CCCCCCCCCCCC/C=C\C/C=C\C/C=C\C/C=C\C/C=C\C/C=C\CC)OC(=O)CCCCCCCC/C=C\C/C=C\C/C=C\C/C=C\CC. The highest BCUT2D eigenvalue weighted by Crippen LogP contribution is 2.45. The molecule has 0 amide bonds. The standard InChI is InChI=1S/C95H156O16P2/c1-4-7-10-13-16-19-22-25-28-31-34-36-38-40-42-44-46-48-50-52-55-57-60-63-66-69-72-75-78-81-93(98)105-84-90(96)85-107-112(101,102)108-86-91(97)87-109-113(103,104)110-89-92(111-95(100)83-80-77-74-71-68-65-62-59-54-33-30-27-24-21-18-15-12-9-6-3)88-106-94(99)82-79-76-73-70-67-64-61-58-56-53-51-49-47-45-43-41-39-37-35-32-29-26-23-20-17-14-11-8-5-2/h7-12,16-21,25-30,34-37,40-43,46-49,54,59,90-92,96-97H,4-6,13-15,22-24,31-33,38-39,44-45,50-53,55-58,60-89H2,1-3H3,(H,101,102)(H,103,104)/b10-7-,11-8-,12-9-,19-16-,20-17-,21-18-,28-25-,29-26-,30-27-,36-34-,37-35-,42-40-,43-41-,48-46-,49-47-,59-54-. The fraction of sp³-hybridized carbons (Fsp3) is 0.632. The van der Waals surface area contributed by atoms with E-state index in [0.717, 1.165) is 205 Å². The molecule has 0 spiro atoms. The third-order valence-electron chi connectivity index (χ3n) is 17.8. The van der Waals surface area contributed by atoms with Gasteiger partial charge in [0.05, 0.1) is 26.4 Å². The Morgan fingerprint density at radius 3 is 0.699 bits per heavy atom. The van der Waals surface area contributed by atoms with E-state index in [2.05, 4.69) is 215 Å². The smallest absolute Gasteiger partial charge is 0.463 e. The predicted octanol–water partition coefficient (Wildman–Crippen LogP) is 26.7. The minimum Gasteiger partial charge on any atom is -0.463 e. The summed E-state index contributed by atoms with van der Waals surface area (Å²) in [6, 6.07) is 0. The number of ether oxygens (including phenoxy) is 3. The summed E-state index contributed by atoms with van der Waals surface area (Å²) in [7, 11) is -9.82. The first-order chi connectivity index (χ1) is 55.2. The summed E-state index contributed by atoms with van der Waals surface area (Å²) in [6.07, 6.45) is 113. The van der Waals surface area contributed by atoms with Gasteiger partial charge in [-0.3, -0.25) is 32.5 Å². The van der Waals surface area contributed by atoms with Gasteiger partial charge in [-0.2, -0.15) is 0 Å². The lowest BCUT2D eigenvalue weighted by molar-refractivity contribution is -0.161. The van der Waals surface area contributed by atoms with Crippen LogP contribution in [0.5, 0.6) is 0 Å². The van der Waals surface area contributed by atoms with Gasteiger partial charge in [-0.05, 0) is 161 Å². The number of aliphatic hydroxyl groups is 2. The number of rotatable bonds is 81. The Kier molecular flexibility index (Phi) is 81.5. The molecule has 0 aromatic carbocycles. The van der Waals surface area contributed by atoms with Crippen molar-refractivity contribution in [1.82, 2.24) is 0 Å². The number of esters is 3. The number of allylic oxidation sites excluding steroid dienone is 32. The number of carbonyl (C=O) groups excluding carboxylic acids is 3. The highest BCUT2D eigenvalue weighted by molar-refractivity contribution is 7.47. The van der Waals surface area contributed by atoms with Gasteiger partial charge in [-0.15, -0.1) is 0 Å². The van der Waals surface area contributed by atoms with Crippen LogP contribution in [0.15, 0.2) is 194 Å². The number of unbranched alkanes of at least 4 members (excludes halogenated alkanes) is 26. The maximum Gasteiger partial charge on any atom is 0.472 e. The van der Waals surface area contributed by atoms with E-state index in [1.54, 1.807) is 0 Å². The summed E-state index contributed by atoms with van der Waals surface area (Å²) >= 11 is 0. The number of hydrogen-bond donors (Lipinski definition) is 4. The van der Waals surface area contributed by atoms with E-state index in [4.69, 9.17) is 32.3 Å². The predicted molar refractivity (Wildman–Crippen MR) is 472 cm³/mol. The van der Waals surface area contributed by atoms with E-state index in [1.165, 1.54) is 64.2 Å². The number of phosphoric acid groups is 2. The highest BCUT2D eigenvalue weighted by atomic mass is 31.2. The third-order valence-corrected chi connectivity index (χ3v) is 19.7. The second-order valence-corrected chi connectivity index (χ2v) is 31.5. The van der Waals surface area contributed by atoms with E-state index >= 15 is 0 Å². The summed E-state index contributed by atoms with van der Waals surface area (Å²) < 4.78 is 61.4. The van der Waals surface area contributed by atoms with Crippen LogP contribution < -0.4 is 0 Å². The van der Waals surface area contributed by atoms with Gasteiger partial charge in [0.2, 0.25) is 0 Å². The normalized spacial score (nSPS) is 14.8. The molecule has 18 heteroatoms. The summed E-state index contributed by atoms with van der Waals surface area (Å²) in [4.78, 5) is 58.9. The molecule has 0 aliphatic carbocycles. The first kappa shape index (κ1) is 107. The van der Waals surface area contributed by atoms with Crippen molar-refractivity contribution in [1.29, 1.82) is 0 Å². The highest BCUT2D eigenvalue weighted by Gasteiger charge is 2.29. The molecule has 5 atom stereocenters. The largest absolute Gasteiger partial charge is 0.472 e. The maximum atomic E-state index is 13.0. The van der Waals surface area contributed by atoms with Crippen LogP contribution in [-0.2, 0) is 55.8 Å². The lowest BCUT2D eigenvalue weighted by Gasteiger charge is -2.21. The first-order valence-electron chi connectivity index (χ1n) is 43.7. The number of hydrogen-bond acceptors (Lipinski definition) is 14. The van der Waals surface area contributed by atoms with Crippen LogP contribution in [0.25, 0.3) is 0 Å². The molecule has 0 bridgehead atoms. The molecular weight excluding hydrogens is 1460 g/mol. The Morgan fingerprint density at radius 1 is 0.248 bits per heavy atom. The van der Waals surface area contributed by atoms with E-state index in [-0.39, 0.29) is 19.3 Å². The molecule has 642 valence electrons. The third kappa shape index (κ3) is 87.1. The zero-order valence-electron chi connectivity index (χ0n) is 70.5. The van der Waals surface area contributed by atoms with Crippen LogP contribution >= 0.6 is 15.6 Å². The van der Waals surface area contributed by atoms with Crippen LogP contribution in [0, 0.1) is 0 Å². The quantitative estimate of drug-likeness (QED) is 0.0146. The fourth-order valence-corrected chi connectivity index (χ4v) is 12.9. The molecular formula is C95H156O16P2. The zero-order valence-corrected chi connectivity index (χ0v) is 72.3. The average molecular weight is 1620 g/mol. The number of aliphatic hydroxyl groups excluding tert-OH is 2. The lowest BCUT2D eigenvalue weighted by Crippen LogP contribution is -2.30. The molecule has 0 aliphatic rings. The Labute approximate surface area is 687 Å². The topological polar surface area (TPSA) is 231 Å². The Bertz CT molecular complexity index is 2830. The van der Waals surface area contributed by atoms with Crippen LogP contribution in [0.4, 0.5) is 0 Å². The molecule has 16 nitrogen and oxygen atoms in total. The molecule has 0 aromatic rings. The van der Waals surface area contributed by atoms with Gasteiger partial charge in [0, 0.05) is 19.3 Å². The van der Waals surface area contributed by atoms with Crippen molar-refractivity contribution in [3.8, 4) is 0 Å². The molecule has 0 saturated heterocycles. The van der Waals surface area contributed by atoms with Gasteiger partial charge in [-0.1, -0.05) is 344 Å². The summed E-state index contributed by atoms with van der Waals surface area (Å²) in [6.45, 7) is 2.32. The number of phosphoric ester groups is 2. The molecule has 5 unspecified atom stereocenters. The minimum atomic E-state index is -4.95. The minimum absolute atomic E-state index is 0.0810. The van der Waals surface area contributed by atoms with Crippen molar-refractivity contribution in [2.45, 2.75) is 347 Å². The van der Waals surface area contributed by atoms with Gasteiger partial charge in [0.1, 0.15) is 25.4 Å². The molecule has 0 heterocycles. The summed E-state index contributed by atoms with van der Waals surface area (Å²) in [5.74, 6) is -1.60. The summed E-state index contributed by atoms with van der Waals surface area (Å²) in [5.41, 5.74) is 0. The maximum absolute atomic E-state index is 13.0. The monoisotopic (exact) mass is 1620 g/mol. The lowest BCUT2D eigenvalue weighted by atomic mass is 10.1. The Morgan fingerprint density at radius 2 is 0.442 bits per heavy atom. The molecule has 0 rings (SSSR count). The van der Waals surface area contributed by atoms with Gasteiger partial charge in [0.15, 0.2) is 6.10 Å². The number of carbonyl (C=O) groups is 3. The second-order valence-electron chi connectivity index (χ2n) is 28.5. The fourth-order valence-electron chi connectivity index (χ4n) is 11.3. The molecule has 4 N–H and O–H groups in total. The molecule has 0 radical (unpaired) electrons. The van der Waals surface area contributed by atoms with Crippen LogP contribution in [-0.4, -0.2) is 95.9 Å². The van der Waals surface area contributed by atoms with Crippen molar-refractivity contribution in [2.75, 3.05) is 39.6 Å². The van der Waals surface area contributed by atoms with Crippen molar-refractivity contribution in [2.24, 2.45) is 0 Å².